The first-order chi connectivity index (χ1) is 6.91. The van der Waals surface area contributed by atoms with Gasteiger partial charge in [0.25, 0.3) is 0 Å². The number of carbonyl (C=O) groups excluding carboxylic acids is 1. The highest BCUT2D eigenvalue weighted by molar-refractivity contribution is 5.82. The highest BCUT2D eigenvalue weighted by Gasteiger charge is 2.45. The Bertz CT molecular complexity index is 301. The van der Waals surface area contributed by atoms with Crippen molar-refractivity contribution in [3.8, 4) is 0 Å². The van der Waals surface area contributed by atoms with Gasteiger partial charge in [-0.1, -0.05) is 0 Å². The van der Waals surface area contributed by atoms with E-state index >= 15 is 0 Å². The van der Waals surface area contributed by atoms with Crippen LogP contribution < -0.4 is 5.32 Å². The lowest BCUT2D eigenvalue weighted by Gasteiger charge is -2.12. The Labute approximate surface area is 86.3 Å². The lowest BCUT2D eigenvalue weighted by atomic mass is 10.1. The number of hydrogen-bond donors (Lipinski definition) is 3. The third-order valence-corrected chi connectivity index (χ3v) is 2.45. The number of carboxylic acid groups (broad SMARTS) is 2. The van der Waals surface area contributed by atoms with Crippen molar-refractivity contribution in [2.24, 2.45) is 11.8 Å². The molecule has 6 heteroatoms. The Hall–Kier alpha value is -1.59. The molecule has 1 amide bonds. The first-order valence-corrected chi connectivity index (χ1v) is 4.64. The van der Waals surface area contributed by atoms with Gasteiger partial charge >= 0.3 is 11.9 Å². The fourth-order valence-corrected chi connectivity index (χ4v) is 1.58. The van der Waals surface area contributed by atoms with Gasteiger partial charge in [-0.25, -0.2) is 4.79 Å². The second-order valence-electron chi connectivity index (χ2n) is 3.77. The van der Waals surface area contributed by atoms with Crippen LogP contribution in [0.4, 0.5) is 0 Å². The molecule has 0 saturated heterocycles. The molecule has 0 spiro atoms. The van der Waals surface area contributed by atoms with Crippen molar-refractivity contribution < 1.29 is 24.6 Å². The first kappa shape index (κ1) is 11.5. The number of carbonyl (C=O) groups is 3. The molecule has 15 heavy (non-hydrogen) atoms. The van der Waals surface area contributed by atoms with Crippen LogP contribution in [-0.2, 0) is 14.4 Å². The minimum absolute atomic E-state index is 0.129. The van der Waals surface area contributed by atoms with Crippen LogP contribution in [0.3, 0.4) is 0 Å². The van der Waals surface area contributed by atoms with E-state index in [1.807, 2.05) is 0 Å². The van der Waals surface area contributed by atoms with Gasteiger partial charge in [-0.05, 0) is 18.8 Å². The maximum Gasteiger partial charge on any atom is 0.326 e. The van der Waals surface area contributed by atoms with Crippen LogP contribution in [0.1, 0.15) is 19.8 Å². The molecule has 0 aliphatic heterocycles. The fraction of sp³-hybridized carbons (Fsp3) is 0.667. The van der Waals surface area contributed by atoms with E-state index in [0.717, 1.165) is 0 Å². The van der Waals surface area contributed by atoms with Crippen LogP contribution >= 0.6 is 0 Å². The molecule has 84 valence electrons. The second kappa shape index (κ2) is 4.29. The van der Waals surface area contributed by atoms with Crippen molar-refractivity contribution in [3.05, 3.63) is 0 Å². The molecule has 0 bridgehead atoms. The van der Waals surface area contributed by atoms with Crippen LogP contribution in [0.25, 0.3) is 0 Å². The molecular weight excluding hydrogens is 202 g/mol. The van der Waals surface area contributed by atoms with Crippen LogP contribution in [0, 0.1) is 11.8 Å². The average Bonchev–Trinajstić information content (AvgIpc) is 2.81. The van der Waals surface area contributed by atoms with Gasteiger partial charge in [-0.3, -0.25) is 9.59 Å². The number of aliphatic carboxylic acids is 2. The molecule has 1 saturated carbocycles. The summed E-state index contributed by atoms with van der Waals surface area (Å²) in [5.74, 6) is -3.01. The summed E-state index contributed by atoms with van der Waals surface area (Å²) in [4.78, 5) is 31.9. The lowest BCUT2D eigenvalue weighted by Crippen LogP contribution is -2.40. The predicted octanol–water partition coefficient (Wildman–Crippen LogP) is -0.313. The van der Waals surface area contributed by atoms with Crippen LogP contribution in [-0.4, -0.2) is 34.1 Å². The number of rotatable bonds is 5. The molecule has 1 aliphatic carbocycles. The van der Waals surface area contributed by atoms with E-state index < -0.39 is 29.8 Å². The zero-order valence-corrected chi connectivity index (χ0v) is 8.27. The minimum atomic E-state index is -1.12. The molecule has 0 aromatic carbocycles. The van der Waals surface area contributed by atoms with Crippen molar-refractivity contribution in [3.63, 3.8) is 0 Å². The van der Waals surface area contributed by atoms with Gasteiger partial charge in [0.05, 0.1) is 5.92 Å². The normalized spacial score (nSPS) is 25.4. The van der Waals surface area contributed by atoms with Crippen LogP contribution in [0.2, 0.25) is 0 Å². The Morgan fingerprint density at radius 3 is 2.33 bits per heavy atom. The predicted molar refractivity (Wildman–Crippen MR) is 49.1 cm³/mol. The topological polar surface area (TPSA) is 104 Å². The van der Waals surface area contributed by atoms with Gasteiger partial charge in [-0.15, -0.1) is 0 Å². The third kappa shape index (κ3) is 3.23. The smallest absolute Gasteiger partial charge is 0.326 e. The van der Waals surface area contributed by atoms with Crippen molar-refractivity contribution >= 4 is 17.8 Å². The monoisotopic (exact) mass is 215 g/mol. The highest BCUT2D eigenvalue weighted by atomic mass is 16.4. The maximum atomic E-state index is 10.7. The summed E-state index contributed by atoms with van der Waals surface area (Å²) in [5.41, 5.74) is 0. The Morgan fingerprint density at radius 2 is 2.00 bits per heavy atom. The van der Waals surface area contributed by atoms with Crippen LogP contribution in [0.15, 0.2) is 0 Å². The van der Waals surface area contributed by atoms with Gasteiger partial charge in [0.1, 0.15) is 6.04 Å². The zero-order valence-electron chi connectivity index (χ0n) is 8.27. The Kier molecular flexibility index (Phi) is 3.28. The molecule has 3 atom stereocenters. The van der Waals surface area contributed by atoms with E-state index in [4.69, 9.17) is 10.2 Å². The highest BCUT2D eigenvalue weighted by Crippen LogP contribution is 2.42. The largest absolute Gasteiger partial charge is 0.481 e. The third-order valence-electron chi connectivity index (χ3n) is 2.45. The number of nitrogens with one attached hydrogen (secondary N) is 1. The van der Waals surface area contributed by atoms with Gasteiger partial charge in [0.15, 0.2) is 0 Å². The summed E-state index contributed by atoms with van der Waals surface area (Å²) in [6.07, 6.45) is 0.685. The molecular formula is C9H13NO5. The summed E-state index contributed by atoms with van der Waals surface area (Å²) >= 11 is 0. The quantitative estimate of drug-likeness (QED) is 0.583. The van der Waals surface area contributed by atoms with Gasteiger partial charge in [0, 0.05) is 6.92 Å². The lowest BCUT2D eigenvalue weighted by molar-refractivity contribution is -0.142. The molecule has 0 aromatic rings. The van der Waals surface area contributed by atoms with E-state index in [0.29, 0.717) is 6.42 Å². The van der Waals surface area contributed by atoms with E-state index in [9.17, 15) is 14.4 Å². The SMILES string of the molecule is CC(=O)N[C@H](C[C@H]1C[C@H]1C(=O)O)C(=O)O. The minimum Gasteiger partial charge on any atom is -0.481 e. The number of amides is 1. The maximum absolute atomic E-state index is 10.7. The van der Waals surface area contributed by atoms with E-state index in [2.05, 4.69) is 5.32 Å². The zero-order chi connectivity index (χ0) is 11.6. The summed E-state index contributed by atoms with van der Waals surface area (Å²) in [5, 5.41) is 19.7. The molecule has 1 aliphatic rings. The van der Waals surface area contributed by atoms with Gasteiger partial charge < -0.3 is 15.5 Å². The summed E-state index contributed by atoms with van der Waals surface area (Å²) in [6, 6.07) is -0.975. The Morgan fingerprint density at radius 1 is 1.40 bits per heavy atom. The van der Waals surface area contributed by atoms with Crippen molar-refractivity contribution in [2.45, 2.75) is 25.8 Å². The van der Waals surface area contributed by atoms with Crippen molar-refractivity contribution in [1.82, 2.24) is 5.32 Å². The molecule has 1 fully saturated rings. The van der Waals surface area contributed by atoms with Crippen LogP contribution in [0.5, 0.6) is 0 Å². The summed E-state index contributed by atoms with van der Waals surface area (Å²) in [7, 11) is 0. The second-order valence-corrected chi connectivity index (χ2v) is 3.77. The molecule has 0 heterocycles. The Balaban J connectivity index is 2.43. The van der Waals surface area contributed by atoms with Gasteiger partial charge in [-0.2, -0.15) is 0 Å². The first-order valence-electron chi connectivity index (χ1n) is 4.64. The molecule has 0 aromatic heterocycles. The number of hydrogen-bond acceptors (Lipinski definition) is 3. The summed E-state index contributed by atoms with van der Waals surface area (Å²) < 4.78 is 0. The summed E-state index contributed by atoms with van der Waals surface area (Å²) in [6.45, 7) is 1.23. The molecule has 1 rings (SSSR count). The fourth-order valence-electron chi connectivity index (χ4n) is 1.58. The van der Waals surface area contributed by atoms with Crippen molar-refractivity contribution in [2.75, 3.05) is 0 Å². The van der Waals surface area contributed by atoms with E-state index in [1.165, 1.54) is 6.92 Å². The number of carboxylic acids is 2. The average molecular weight is 215 g/mol. The van der Waals surface area contributed by atoms with E-state index in [-0.39, 0.29) is 12.3 Å². The molecule has 3 N–H and O–H groups in total. The molecule has 0 radical (unpaired) electrons. The van der Waals surface area contributed by atoms with E-state index in [1.54, 1.807) is 0 Å². The standard InChI is InChI=1S/C9H13NO5/c1-4(11)10-7(9(14)15)3-5-2-6(5)8(12)13/h5-7H,2-3H2,1H3,(H,10,11)(H,12,13)(H,14,15)/t5-,6-,7-/m1/s1. The van der Waals surface area contributed by atoms with Crippen molar-refractivity contribution in [1.29, 1.82) is 0 Å². The molecule has 6 nitrogen and oxygen atoms in total. The molecule has 0 unspecified atom stereocenters. The van der Waals surface area contributed by atoms with Gasteiger partial charge in [0.2, 0.25) is 5.91 Å².